The van der Waals surface area contributed by atoms with E-state index in [1.54, 1.807) is 35.1 Å². The second-order valence-electron chi connectivity index (χ2n) is 5.37. The number of rotatable bonds is 4. The molecule has 2 aromatic heterocycles. The molecule has 118 valence electrons. The second-order valence-corrected chi connectivity index (χ2v) is 5.37. The third-order valence-electron chi connectivity index (χ3n) is 3.63. The maximum Gasteiger partial charge on any atom is 0.276 e. The summed E-state index contributed by atoms with van der Waals surface area (Å²) in [5, 5.41) is 17.7. The number of carbonyl (C=O) groups is 1. The molecule has 0 spiro atoms. The Balaban J connectivity index is 1.48. The Kier molecular flexibility index (Phi) is 3.51. The van der Waals surface area contributed by atoms with Crippen molar-refractivity contribution < 1.29 is 4.79 Å². The maximum absolute atomic E-state index is 12.3. The number of amides is 1. The Labute approximate surface area is 137 Å². The average molecular weight is 318 g/mol. The van der Waals surface area contributed by atoms with Crippen LogP contribution >= 0.6 is 0 Å². The fourth-order valence-corrected chi connectivity index (χ4v) is 2.45. The van der Waals surface area contributed by atoms with Crippen LogP contribution in [0.3, 0.4) is 0 Å². The van der Waals surface area contributed by atoms with Gasteiger partial charge in [-0.15, -0.1) is 0 Å². The van der Waals surface area contributed by atoms with E-state index in [4.69, 9.17) is 0 Å². The Hall–Kier alpha value is -3.48. The van der Waals surface area contributed by atoms with Gasteiger partial charge in [0.1, 0.15) is 11.0 Å². The molecule has 0 bridgehead atoms. The Morgan fingerprint density at radius 1 is 1.04 bits per heavy atom. The van der Waals surface area contributed by atoms with E-state index in [-0.39, 0.29) is 5.91 Å². The van der Waals surface area contributed by atoms with Crippen molar-refractivity contribution >= 4 is 22.6 Å². The number of hydrogen-bond donors (Lipinski definition) is 2. The standard InChI is InChI=1S/C17H14N6O/c24-17(18-13-6-7-14-16(10-13)20-22-19-14)15-8-9-23(21-15)11-12-4-2-1-3-5-12/h1-10H,11H2,(H,18,24)(H,19,20,22). The van der Waals surface area contributed by atoms with Gasteiger partial charge in [0, 0.05) is 11.9 Å². The number of nitrogens with one attached hydrogen (secondary N) is 2. The molecule has 0 aliphatic rings. The average Bonchev–Trinajstić information content (AvgIpc) is 3.24. The molecule has 0 aliphatic heterocycles. The fraction of sp³-hybridized carbons (Fsp3) is 0.0588. The third kappa shape index (κ3) is 2.87. The first-order valence-electron chi connectivity index (χ1n) is 7.47. The summed E-state index contributed by atoms with van der Waals surface area (Å²) in [4.78, 5) is 12.3. The smallest absolute Gasteiger partial charge is 0.276 e. The molecule has 4 aromatic rings. The van der Waals surface area contributed by atoms with Crippen molar-refractivity contribution in [3.63, 3.8) is 0 Å². The summed E-state index contributed by atoms with van der Waals surface area (Å²) in [5.41, 5.74) is 3.59. The molecule has 0 unspecified atom stereocenters. The highest BCUT2D eigenvalue weighted by molar-refractivity contribution is 6.03. The monoisotopic (exact) mass is 318 g/mol. The number of hydrogen-bond acceptors (Lipinski definition) is 4. The predicted molar refractivity (Wildman–Crippen MR) is 89.6 cm³/mol. The van der Waals surface area contributed by atoms with Gasteiger partial charge in [-0.05, 0) is 29.8 Å². The zero-order chi connectivity index (χ0) is 16.4. The van der Waals surface area contributed by atoms with Crippen molar-refractivity contribution in [1.29, 1.82) is 0 Å². The van der Waals surface area contributed by atoms with Crippen molar-refractivity contribution in [2.24, 2.45) is 0 Å². The minimum atomic E-state index is -0.260. The van der Waals surface area contributed by atoms with Crippen molar-refractivity contribution in [3.8, 4) is 0 Å². The molecule has 4 rings (SSSR count). The molecule has 24 heavy (non-hydrogen) atoms. The molecular formula is C17H14N6O. The van der Waals surface area contributed by atoms with Crippen LogP contribution in [0.15, 0.2) is 60.8 Å². The van der Waals surface area contributed by atoms with E-state index in [1.165, 1.54) is 0 Å². The lowest BCUT2D eigenvalue weighted by atomic mass is 10.2. The van der Waals surface area contributed by atoms with Crippen molar-refractivity contribution in [3.05, 3.63) is 72.1 Å². The summed E-state index contributed by atoms with van der Waals surface area (Å²) in [6.45, 7) is 0.624. The van der Waals surface area contributed by atoms with E-state index < -0.39 is 0 Å². The van der Waals surface area contributed by atoms with Crippen molar-refractivity contribution in [2.75, 3.05) is 5.32 Å². The lowest BCUT2D eigenvalue weighted by Gasteiger charge is -2.03. The van der Waals surface area contributed by atoms with Crippen LogP contribution in [0, 0.1) is 0 Å². The Morgan fingerprint density at radius 2 is 1.88 bits per heavy atom. The van der Waals surface area contributed by atoms with Crippen molar-refractivity contribution in [1.82, 2.24) is 25.2 Å². The number of aromatic nitrogens is 5. The van der Waals surface area contributed by atoms with Gasteiger partial charge >= 0.3 is 0 Å². The van der Waals surface area contributed by atoms with Crippen LogP contribution < -0.4 is 5.32 Å². The van der Waals surface area contributed by atoms with Gasteiger partial charge in [-0.25, -0.2) is 0 Å². The molecular weight excluding hydrogens is 304 g/mol. The maximum atomic E-state index is 12.3. The van der Waals surface area contributed by atoms with Gasteiger partial charge in [0.15, 0.2) is 5.69 Å². The minimum Gasteiger partial charge on any atom is -0.321 e. The number of benzene rings is 2. The Morgan fingerprint density at radius 3 is 2.75 bits per heavy atom. The van der Waals surface area contributed by atoms with Crippen molar-refractivity contribution in [2.45, 2.75) is 6.54 Å². The molecule has 0 radical (unpaired) electrons. The largest absolute Gasteiger partial charge is 0.321 e. The molecule has 0 fully saturated rings. The summed E-state index contributed by atoms with van der Waals surface area (Å²) in [5.74, 6) is -0.260. The van der Waals surface area contributed by atoms with Crippen LogP contribution in [-0.4, -0.2) is 31.1 Å². The van der Waals surface area contributed by atoms with E-state index in [9.17, 15) is 4.79 Å². The Bertz CT molecular complexity index is 988. The quantitative estimate of drug-likeness (QED) is 0.605. The zero-order valence-electron chi connectivity index (χ0n) is 12.7. The van der Waals surface area contributed by atoms with Gasteiger partial charge < -0.3 is 5.32 Å². The van der Waals surface area contributed by atoms with Crippen LogP contribution in [0.5, 0.6) is 0 Å². The number of H-pyrrole nitrogens is 1. The molecule has 2 aromatic carbocycles. The normalized spacial score (nSPS) is 10.8. The minimum absolute atomic E-state index is 0.260. The lowest BCUT2D eigenvalue weighted by molar-refractivity contribution is 0.102. The summed E-state index contributed by atoms with van der Waals surface area (Å²) in [6, 6.07) is 17.0. The SMILES string of the molecule is O=C(Nc1ccc2n[nH]nc2c1)c1ccn(Cc2ccccc2)n1. The highest BCUT2D eigenvalue weighted by atomic mass is 16.1. The van der Waals surface area contributed by atoms with E-state index in [1.807, 2.05) is 30.3 Å². The van der Waals surface area contributed by atoms with Crippen LogP contribution in [0.25, 0.3) is 11.0 Å². The van der Waals surface area contributed by atoms with Gasteiger partial charge in [-0.3, -0.25) is 9.48 Å². The molecule has 2 heterocycles. The van der Waals surface area contributed by atoms with E-state index >= 15 is 0 Å². The van der Waals surface area contributed by atoms with E-state index in [0.29, 0.717) is 23.4 Å². The summed E-state index contributed by atoms with van der Waals surface area (Å²) < 4.78 is 1.74. The topological polar surface area (TPSA) is 88.5 Å². The summed E-state index contributed by atoms with van der Waals surface area (Å²) in [6.07, 6.45) is 1.79. The number of aromatic amines is 1. The summed E-state index contributed by atoms with van der Waals surface area (Å²) in [7, 11) is 0. The molecule has 0 atom stereocenters. The number of nitrogens with zero attached hydrogens (tertiary/aromatic N) is 4. The molecule has 0 saturated carbocycles. The predicted octanol–water partition coefficient (Wildman–Crippen LogP) is 2.46. The second kappa shape index (κ2) is 5.96. The molecule has 0 saturated heterocycles. The summed E-state index contributed by atoms with van der Waals surface area (Å²) >= 11 is 0. The van der Waals surface area contributed by atoms with Crippen LogP contribution in [0.2, 0.25) is 0 Å². The molecule has 7 heteroatoms. The number of fused-ring (bicyclic) bond motifs is 1. The van der Waals surface area contributed by atoms with Crippen LogP contribution in [-0.2, 0) is 6.54 Å². The van der Waals surface area contributed by atoms with Crippen LogP contribution in [0.1, 0.15) is 16.1 Å². The third-order valence-corrected chi connectivity index (χ3v) is 3.63. The number of anilines is 1. The fourth-order valence-electron chi connectivity index (χ4n) is 2.45. The van der Waals surface area contributed by atoms with Gasteiger partial charge in [0.05, 0.1) is 6.54 Å². The molecule has 0 aliphatic carbocycles. The first kappa shape index (κ1) is 14.1. The van der Waals surface area contributed by atoms with Gasteiger partial charge in [0.25, 0.3) is 5.91 Å². The zero-order valence-corrected chi connectivity index (χ0v) is 12.7. The molecule has 2 N–H and O–H groups in total. The lowest BCUT2D eigenvalue weighted by Crippen LogP contribution is -2.13. The molecule has 1 amide bonds. The van der Waals surface area contributed by atoms with Gasteiger partial charge in [-0.2, -0.15) is 20.5 Å². The van der Waals surface area contributed by atoms with Gasteiger partial charge in [0.2, 0.25) is 0 Å². The highest BCUT2D eigenvalue weighted by Crippen LogP contribution is 2.15. The highest BCUT2D eigenvalue weighted by Gasteiger charge is 2.11. The first-order chi connectivity index (χ1) is 11.8. The van der Waals surface area contributed by atoms with Gasteiger partial charge in [-0.1, -0.05) is 30.3 Å². The van der Waals surface area contributed by atoms with Crippen LogP contribution in [0.4, 0.5) is 5.69 Å². The molecule has 7 nitrogen and oxygen atoms in total. The van der Waals surface area contributed by atoms with E-state index in [0.717, 1.165) is 11.1 Å². The van der Waals surface area contributed by atoms with E-state index in [2.05, 4.69) is 25.8 Å². The number of carbonyl (C=O) groups excluding carboxylic acids is 1. The first-order valence-corrected chi connectivity index (χ1v) is 7.47.